The van der Waals surface area contributed by atoms with Crippen LogP contribution in [0.4, 0.5) is 34.1 Å². The van der Waals surface area contributed by atoms with E-state index in [1.807, 2.05) is 0 Å². The second-order valence-electron chi connectivity index (χ2n) is 18.0. The molecule has 0 heterocycles. The third-order valence-corrected chi connectivity index (χ3v) is 14.3. The van der Waals surface area contributed by atoms with Gasteiger partial charge in [0.05, 0.1) is 16.8 Å². The summed E-state index contributed by atoms with van der Waals surface area (Å²) in [5.41, 5.74) is 16.2. The summed E-state index contributed by atoms with van der Waals surface area (Å²) in [4.78, 5) is 4.85. The van der Waals surface area contributed by atoms with Gasteiger partial charge in [0.1, 0.15) is 0 Å². The molecule has 0 aliphatic heterocycles. The van der Waals surface area contributed by atoms with Crippen molar-refractivity contribution < 1.29 is 0 Å². The monoisotopic (exact) mass is 878 g/mol. The summed E-state index contributed by atoms with van der Waals surface area (Å²) in [6.45, 7) is 0. The third kappa shape index (κ3) is 6.64. The first-order chi connectivity index (χ1) is 34.2. The number of benzene rings is 12. The highest BCUT2D eigenvalue weighted by Crippen LogP contribution is 2.57. The minimum atomic E-state index is -0.499. The number of nitrogens with zero attached hydrogens (tertiary/aromatic N) is 2. The lowest BCUT2D eigenvalue weighted by Gasteiger charge is -2.35. The van der Waals surface area contributed by atoms with Crippen molar-refractivity contribution in [3.8, 4) is 22.3 Å². The van der Waals surface area contributed by atoms with E-state index in [2.05, 4.69) is 289 Å². The molecule has 0 spiro atoms. The van der Waals surface area contributed by atoms with Crippen LogP contribution in [0.15, 0.2) is 279 Å². The van der Waals surface area contributed by atoms with Gasteiger partial charge in [0.15, 0.2) is 0 Å². The molecule has 13 rings (SSSR count). The van der Waals surface area contributed by atoms with Gasteiger partial charge in [-0.15, -0.1) is 0 Å². The van der Waals surface area contributed by atoms with Crippen LogP contribution in [0.2, 0.25) is 0 Å². The molecule has 69 heavy (non-hydrogen) atoms. The van der Waals surface area contributed by atoms with Gasteiger partial charge in [0.2, 0.25) is 0 Å². The number of anilines is 6. The van der Waals surface area contributed by atoms with E-state index in [9.17, 15) is 0 Å². The Balaban J connectivity index is 0.945. The molecule has 324 valence electrons. The van der Waals surface area contributed by atoms with Gasteiger partial charge < -0.3 is 9.80 Å². The quantitative estimate of drug-likeness (QED) is 0.143. The Labute approximate surface area is 403 Å². The molecular formula is C67H46N2. The summed E-state index contributed by atoms with van der Waals surface area (Å²) in [6.07, 6.45) is 0. The van der Waals surface area contributed by atoms with Crippen LogP contribution in [0.3, 0.4) is 0 Å². The van der Waals surface area contributed by atoms with Crippen molar-refractivity contribution in [3.63, 3.8) is 0 Å². The van der Waals surface area contributed by atoms with Gasteiger partial charge >= 0.3 is 0 Å². The summed E-state index contributed by atoms with van der Waals surface area (Å²) in [5, 5.41) is 7.24. The molecule has 2 heteroatoms. The van der Waals surface area contributed by atoms with Gasteiger partial charge in [-0.25, -0.2) is 0 Å². The molecule has 0 amide bonds. The standard InChI is InChI=1S/C67H46N2/c1-4-23-51(24-5-1)67(52-25-6-2-7-26-52)63-33-17-16-31-60(63)61-42-41-56(46-64(61)67)68(53-27-8-3-9-28-53)54-38-36-49(37-39-54)57-43-44-66(62-32-15-14-30-59(57)62)69(55-40-35-47-19-10-11-21-50(47)45-55)65-34-18-22-48-20-12-13-29-58(48)65/h1-46H. The molecule has 1 aliphatic carbocycles. The van der Waals surface area contributed by atoms with Crippen molar-refractivity contribution >= 4 is 66.4 Å². The Bertz CT molecular complexity index is 3800. The average Bonchev–Trinajstić information content (AvgIpc) is 3.72. The molecule has 0 unspecified atom stereocenters. The lowest BCUT2D eigenvalue weighted by molar-refractivity contribution is 0.768. The fraction of sp³-hybridized carbons (Fsp3) is 0.0149. The Morgan fingerprint density at radius 3 is 1.51 bits per heavy atom. The molecule has 0 N–H and O–H groups in total. The lowest BCUT2D eigenvalue weighted by Crippen LogP contribution is -2.28. The second-order valence-corrected chi connectivity index (χ2v) is 18.0. The molecule has 12 aromatic carbocycles. The van der Waals surface area contributed by atoms with Crippen molar-refractivity contribution in [3.05, 3.63) is 301 Å². The van der Waals surface area contributed by atoms with E-state index in [1.165, 1.54) is 71.3 Å². The highest BCUT2D eigenvalue weighted by Gasteiger charge is 2.46. The summed E-state index contributed by atoms with van der Waals surface area (Å²) in [7, 11) is 0. The highest BCUT2D eigenvalue weighted by molar-refractivity contribution is 6.09. The molecule has 2 nitrogen and oxygen atoms in total. The van der Waals surface area contributed by atoms with Crippen LogP contribution in [0.25, 0.3) is 54.6 Å². The lowest BCUT2D eigenvalue weighted by atomic mass is 9.67. The van der Waals surface area contributed by atoms with Gasteiger partial charge in [0, 0.05) is 33.5 Å². The zero-order chi connectivity index (χ0) is 45.7. The molecule has 0 bridgehead atoms. The summed E-state index contributed by atoms with van der Waals surface area (Å²) < 4.78 is 0. The van der Waals surface area contributed by atoms with Crippen molar-refractivity contribution in [1.29, 1.82) is 0 Å². The second kappa shape index (κ2) is 16.7. The van der Waals surface area contributed by atoms with E-state index in [0.717, 1.165) is 39.7 Å². The van der Waals surface area contributed by atoms with Gasteiger partial charge in [0.25, 0.3) is 0 Å². The van der Waals surface area contributed by atoms with E-state index in [4.69, 9.17) is 0 Å². The predicted octanol–water partition coefficient (Wildman–Crippen LogP) is 18.1. The molecule has 0 saturated heterocycles. The third-order valence-electron chi connectivity index (χ3n) is 14.3. The minimum absolute atomic E-state index is 0.499. The zero-order valence-electron chi connectivity index (χ0n) is 38.0. The Kier molecular flexibility index (Phi) is 9.77. The van der Waals surface area contributed by atoms with E-state index < -0.39 is 5.41 Å². The van der Waals surface area contributed by atoms with Crippen LogP contribution in [0.1, 0.15) is 22.3 Å². The number of fused-ring (bicyclic) bond motifs is 6. The Hall–Kier alpha value is -8.98. The molecule has 0 aromatic heterocycles. The highest BCUT2D eigenvalue weighted by atomic mass is 15.1. The topological polar surface area (TPSA) is 6.48 Å². The molecule has 12 aromatic rings. The van der Waals surface area contributed by atoms with Crippen molar-refractivity contribution in [2.45, 2.75) is 5.41 Å². The molecule has 1 aliphatic rings. The first-order valence-corrected chi connectivity index (χ1v) is 23.8. The normalized spacial score (nSPS) is 12.5. The van der Waals surface area contributed by atoms with E-state index in [-0.39, 0.29) is 0 Å². The van der Waals surface area contributed by atoms with E-state index >= 15 is 0 Å². The van der Waals surface area contributed by atoms with E-state index in [0.29, 0.717) is 0 Å². The van der Waals surface area contributed by atoms with Crippen molar-refractivity contribution in [2.75, 3.05) is 9.80 Å². The average molecular weight is 879 g/mol. The zero-order valence-corrected chi connectivity index (χ0v) is 38.0. The van der Waals surface area contributed by atoms with Crippen LogP contribution in [0, 0.1) is 0 Å². The van der Waals surface area contributed by atoms with Crippen molar-refractivity contribution in [2.24, 2.45) is 0 Å². The van der Waals surface area contributed by atoms with Gasteiger partial charge in [-0.3, -0.25) is 0 Å². The fourth-order valence-electron chi connectivity index (χ4n) is 11.2. The fourth-order valence-corrected chi connectivity index (χ4v) is 11.2. The Morgan fingerprint density at radius 2 is 0.754 bits per heavy atom. The first kappa shape index (κ1) is 40.3. The summed E-state index contributed by atoms with van der Waals surface area (Å²) in [5.74, 6) is 0. The summed E-state index contributed by atoms with van der Waals surface area (Å²) >= 11 is 0. The summed E-state index contributed by atoms with van der Waals surface area (Å²) in [6, 6.07) is 102. The molecule has 0 fully saturated rings. The largest absolute Gasteiger partial charge is 0.310 e. The van der Waals surface area contributed by atoms with Gasteiger partial charge in [-0.2, -0.15) is 0 Å². The van der Waals surface area contributed by atoms with Gasteiger partial charge in [-0.05, 0) is 127 Å². The predicted molar refractivity (Wildman–Crippen MR) is 291 cm³/mol. The van der Waals surface area contributed by atoms with Crippen molar-refractivity contribution in [1.82, 2.24) is 0 Å². The van der Waals surface area contributed by atoms with Crippen LogP contribution in [-0.4, -0.2) is 0 Å². The molecule has 0 atom stereocenters. The van der Waals surface area contributed by atoms with Crippen LogP contribution >= 0.6 is 0 Å². The number of rotatable bonds is 9. The molecule has 0 radical (unpaired) electrons. The number of para-hydroxylation sites is 1. The maximum absolute atomic E-state index is 2.45. The maximum atomic E-state index is 2.45. The SMILES string of the molecule is c1ccc(N(c2ccc(-c3ccc(N(c4ccc5ccccc5c4)c4cccc5ccccc45)c4ccccc34)cc2)c2ccc3c(c2)C(c2ccccc2)(c2ccccc2)c2ccccc2-3)cc1. The maximum Gasteiger partial charge on any atom is 0.0714 e. The number of hydrogen-bond donors (Lipinski definition) is 0. The first-order valence-electron chi connectivity index (χ1n) is 23.8. The molecular weight excluding hydrogens is 833 g/mol. The van der Waals surface area contributed by atoms with Gasteiger partial charge in [-0.1, -0.05) is 218 Å². The smallest absolute Gasteiger partial charge is 0.0714 e. The molecule has 0 saturated carbocycles. The van der Waals surface area contributed by atoms with Crippen LogP contribution in [0.5, 0.6) is 0 Å². The van der Waals surface area contributed by atoms with E-state index in [1.54, 1.807) is 0 Å². The Morgan fingerprint density at radius 1 is 0.246 bits per heavy atom. The minimum Gasteiger partial charge on any atom is -0.310 e. The number of hydrogen-bond acceptors (Lipinski definition) is 2. The van der Waals surface area contributed by atoms with Crippen LogP contribution in [-0.2, 0) is 5.41 Å². The van der Waals surface area contributed by atoms with Crippen LogP contribution < -0.4 is 9.80 Å².